The summed E-state index contributed by atoms with van der Waals surface area (Å²) in [5, 5.41) is 11.5. The van der Waals surface area contributed by atoms with Crippen LogP contribution in [0.2, 0.25) is 0 Å². The number of piperazine rings is 1. The van der Waals surface area contributed by atoms with E-state index in [0.717, 1.165) is 19.6 Å². The molecule has 7 heteroatoms. The van der Waals surface area contributed by atoms with E-state index in [4.69, 9.17) is 5.11 Å². The number of nitrogens with one attached hydrogen (secondary N) is 1. The Morgan fingerprint density at radius 2 is 1.84 bits per heavy atom. The van der Waals surface area contributed by atoms with E-state index in [0.29, 0.717) is 26.2 Å². The molecule has 0 aliphatic carbocycles. The molecule has 0 atom stereocenters. The van der Waals surface area contributed by atoms with Crippen LogP contribution in [0, 0.1) is 0 Å². The van der Waals surface area contributed by atoms with Gasteiger partial charge in [-0.1, -0.05) is 0 Å². The van der Waals surface area contributed by atoms with Crippen molar-refractivity contribution in [2.75, 3.05) is 59.9 Å². The molecule has 0 saturated carbocycles. The Kier molecular flexibility index (Phi) is 6.58. The predicted octanol–water partition coefficient (Wildman–Crippen LogP) is -0.650. The van der Waals surface area contributed by atoms with Crippen LogP contribution in [0.4, 0.5) is 4.79 Å². The molecular weight excluding hydrogens is 248 g/mol. The summed E-state index contributed by atoms with van der Waals surface area (Å²) in [4.78, 5) is 28.2. The average Bonchev–Trinajstić information content (AvgIpc) is 2.36. The minimum atomic E-state index is -0.774. The van der Waals surface area contributed by atoms with E-state index >= 15 is 0 Å². The number of hydrogen-bond donors (Lipinski definition) is 2. The molecule has 2 N–H and O–H groups in total. The first-order valence-corrected chi connectivity index (χ1v) is 6.60. The zero-order chi connectivity index (χ0) is 14.3. The topological polar surface area (TPSA) is 76.1 Å². The summed E-state index contributed by atoms with van der Waals surface area (Å²) in [6.07, 6.45) is 0.162. The fraction of sp³-hybridized carbons (Fsp3) is 0.833. The third-order valence-electron chi connectivity index (χ3n) is 3.14. The van der Waals surface area contributed by atoms with Gasteiger partial charge in [-0.05, 0) is 14.1 Å². The number of carboxylic acids is 1. The molecule has 7 nitrogen and oxygen atoms in total. The van der Waals surface area contributed by atoms with Gasteiger partial charge in [0.15, 0.2) is 0 Å². The van der Waals surface area contributed by atoms with Gasteiger partial charge in [0.05, 0.1) is 6.42 Å². The molecule has 1 heterocycles. The number of urea groups is 1. The number of carbonyl (C=O) groups is 2. The van der Waals surface area contributed by atoms with E-state index in [1.165, 1.54) is 0 Å². The first kappa shape index (κ1) is 15.7. The Hall–Kier alpha value is -1.34. The van der Waals surface area contributed by atoms with Crippen molar-refractivity contribution in [3.8, 4) is 0 Å². The first-order chi connectivity index (χ1) is 8.99. The Balaban J connectivity index is 2.18. The van der Waals surface area contributed by atoms with Crippen LogP contribution in [-0.2, 0) is 4.79 Å². The van der Waals surface area contributed by atoms with Crippen LogP contribution >= 0.6 is 0 Å². The lowest BCUT2D eigenvalue weighted by Crippen LogP contribution is -2.52. The van der Waals surface area contributed by atoms with E-state index in [2.05, 4.69) is 10.2 Å². The molecule has 19 heavy (non-hydrogen) atoms. The summed E-state index contributed by atoms with van der Waals surface area (Å²) >= 11 is 0. The Morgan fingerprint density at radius 3 is 2.37 bits per heavy atom. The molecule has 0 radical (unpaired) electrons. The van der Waals surface area contributed by atoms with Crippen molar-refractivity contribution < 1.29 is 14.7 Å². The maximum absolute atomic E-state index is 11.8. The third kappa shape index (κ3) is 6.40. The standard InChI is InChI=1S/C12H24N4O3/c1-14(2)6-4-13-12(19)16-9-7-15(8-10-16)5-3-11(17)18/h3-10H2,1-2H3,(H,13,19)(H,17,18). The van der Waals surface area contributed by atoms with Crippen LogP contribution < -0.4 is 5.32 Å². The summed E-state index contributed by atoms with van der Waals surface area (Å²) in [7, 11) is 3.93. The molecule has 0 spiro atoms. The zero-order valence-electron chi connectivity index (χ0n) is 11.8. The molecule has 0 bridgehead atoms. The number of carbonyl (C=O) groups excluding carboxylic acids is 1. The van der Waals surface area contributed by atoms with Crippen LogP contribution in [0.5, 0.6) is 0 Å². The maximum atomic E-state index is 11.8. The highest BCUT2D eigenvalue weighted by atomic mass is 16.4. The van der Waals surface area contributed by atoms with E-state index in [9.17, 15) is 9.59 Å². The van der Waals surface area contributed by atoms with Crippen LogP contribution in [0.1, 0.15) is 6.42 Å². The Bertz CT molecular complexity index is 301. The highest BCUT2D eigenvalue weighted by Gasteiger charge is 2.20. The third-order valence-corrected chi connectivity index (χ3v) is 3.14. The van der Waals surface area contributed by atoms with E-state index in [-0.39, 0.29) is 12.5 Å². The van der Waals surface area contributed by atoms with Crippen molar-refractivity contribution in [1.29, 1.82) is 0 Å². The summed E-state index contributed by atoms with van der Waals surface area (Å²) < 4.78 is 0. The summed E-state index contributed by atoms with van der Waals surface area (Å²) in [5.41, 5.74) is 0. The van der Waals surface area contributed by atoms with Crippen molar-refractivity contribution in [3.05, 3.63) is 0 Å². The highest BCUT2D eigenvalue weighted by Crippen LogP contribution is 2.02. The second kappa shape index (κ2) is 7.96. The fourth-order valence-corrected chi connectivity index (χ4v) is 1.93. The largest absolute Gasteiger partial charge is 0.481 e. The maximum Gasteiger partial charge on any atom is 0.317 e. The van der Waals surface area contributed by atoms with Gasteiger partial charge in [-0.2, -0.15) is 0 Å². The van der Waals surface area contributed by atoms with E-state index < -0.39 is 5.97 Å². The summed E-state index contributed by atoms with van der Waals surface area (Å²) in [5.74, 6) is -0.774. The molecule has 1 aliphatic rings. The molecule has 1 saturated heterocycles. The van der Waals surface area contributed by atoms with Gasteiger partial charge in [0.2, 0.25) is 0 Å². The number of rotatable bonds is 6. The summed E-state index contributed by atoms with van der Waals surface area (Å²) in [6.45, 7) is 4.84. The van der Waals surface area contributed by atoms with Gasteiger partial charge in [-0.25, -0.2) is 4.79 Å². The van der Waals surface area contributed by atoms with Gasteiger partial charge in [-0.3, -0.25) is 9.69 Å². The minimum Gasteiger partial charge on any atom is -0.481 e. The number of amides is 2. The van der Waals surface area contributed by atoms with Gasteiger partial charge in [-0.15, -0.1) is 0 Å². The second-order valence-corrected chi connectivity index (χ2v) is 5.01. The number of hydrogen-bond acceptors (Lipinski definition) is 4. The quantitative estimate of drug-likeness (QED) is 0.672. The van der Waals surface area contributed by atoms with Gasteiger partial charge in [0.1, 0.15) is 0 Å². The molecule has 0 unspecified atom stereocenters. The predicted molar refractivity (Wildman–Crippen MR) is 72.2 cm³/mol. The van der Waals surface area contributed by atoms with Crippen LogP contribution in [0.15, 0.2) is 0 Å². The molecule has 0 aromatic carbocycles. The minimum absolute atomic E-state index is 0.0280. The molecule has 0 aromatic rings. The molecule has 1 rings (SSSR count). The van der Waals surface area contributed by atoms with Crippen molar-refractivity contribution >= 4 is 12.0 Å². The van der Waals surface area contributed by atoms with Gasteiger partial charge >= 0.3 is 12.0 Å². The number of nitrogens with zero attached hydrogens (tertiary/aromatic N) is 3. The lowest BCUT2D eigenvalue weighted by Gasteiger charge is -2.34. The number of likely N-dealkylation sites (N-methyl/N-ethyl adjacent to an activating group) is 1. The van der Waals surface area contributed by atoms with Crippen molar-refractivity contribution in [3.63, 3.8) is 0 Å². The first-order valence-electron chi connectivity index (χ1n) is 6.60. The SMILES string of the molecule is CN(C)CCNC(=O)N1CCN(CCC(=O)O)CC1. The fourth-order valence-electron chi connectivity index (χ4n) is 1.93. The highest BCUT2D eigenvalue weighted by molar-refractivity contribution is 5.74. The molecule has 0 aromatic heterocycles. The van der Waals surface area contributed by atoms with E-state index in [1.54, 1.807) is 4.90 Å². The van der Waals surface area contributed by atoms with Crippen molar-refractivity contribution in [2.45, 2.75) is 6.42 Å². The van der Waals surface area contributed by atoms with Crippen molar-refractivity contribution in [1.82, 2.24) is 20.0 Å². The lowest BCUT2D eigenvalue weighted by atomic mass is 10.3. The molecule has 110 valence electrons. The van der Waals surface area contributed by atoms with Crippen LogP contribution in [0.25, 0.3) is 0 Å². The molecular formula is C12H24N4O3. The second-order valence-electron chi connectivity index (χ2n) is 5.01. The van der Waals surface area contributed by atoms with Gasteiger partial charge < -0.3 is 20.2 Å². The van der Waals surface area contributed by atoms with Crippen LogP contribution in [0.3, 0.4) is 0 Å². The smallest absolute Gasteiger partial charge is 0.317 e. The normalized spacial score (nSPS) is 16.7. The lowest BCUT2D eigenvalue weighted by molar-refractivity contribution is -0.137. The monoisotopic (exact) mass is 272 g/mol. The van der Waals surface area contributed by atoms with Gasteiger partial charge in [0, 0.05) is 45.8 Å². The number of aliphatic carboxylic acids is 1. The van der Waals surface area contributed by atoms with Gasteiger partial charge in [0.25, 0.3) is 0 Å². The number of carboxylic acid groups (broad SMARTS) is 1. The molecule has 1 fully saturated rings. The summed E-state index contributed by atoms with van der Waals surface area (Å²) in [6, 6.07) is -0.0280. The Morgan fingerprint density at radius 1 is 1.21 bits per heavy atom. The molecule has 2 amide bonds. The molecule has 1 aliphatic heterocycles. The Labute approximate surface area is 114 Å². The average molecular weight is 272 g/mol. The van der Waals surface area contributed by atoms with E-state index in [1.807, 2.05) is 19.0 Å². The van der Waals surface area contributed by atoms with Crippen LogP contribution in [-0.4, -0.2) is 91.7 Å². The van der Waals surface area contributed by atoms with Crippen molar-refractivity contribution in [2.24, 2.45) is 0 Å². The zero-order valence-corrected chi connectivity index (χ0v) is 11.8.